The minimum atomic E-state index is -0.919. The van der Waals surface area contributed by atoms with Crippen molar-refractivity contribution >= 4 is 16.9 Å². The van der Waals surface area contributed by atoms with Crippen LogP contribution in [0.3, 0.4) is 0 Å². The predicted molar refractivity (Wildman–Crippen MR) is 110 cm³/mol. The molecule has 0 bridgehead atoms. The van der Waals surface area contributed by atoms with Crippen LogP contribution in [0, 0.1) is 12.3 Å². The number of nitrogens with one attached hydrogen (secondary N) is 2. The molecule has 2 aliphatic rings. The number of fused-ring (bicyclic) bond motifs is 1. The Balaban J connectivity index is 1.74. The van der Waals surface area contributed by atoms with Crippen LogP contribution < -0.4 is 10.1 Å². The molecule has 2 unspecified atom stereocenters. The number of hydrogen-bond acceptors (Lipinski definition) is 4. The number of allylic oxidation sites excluding steroid dienone is 3. The molecule has 6 heteroatoms. The van der Waals surface area contributed by atoms with Gasteiger partial charge in [-0.3, -0.25) is 9.69 Å². The van der Waals surface area contributed by atoms with Crippen molar-refractivity contribution < 1.29 is 14.6 Å². The van der Waals surface area contributed by atoms with Crippen LogP contribution in [-0.4, -0.2) is 53.7 Å². The number of carboxylic acid groups (broad SMARTS) is 1. The molecule has 1 aromatic carbocycles. The van der Waals surface area contributed by atoms with E-state index in [1.807, 2.05) is 30.5 Å². The maximum absolute atomic E-state index is 12.3. The lowest BCUT2D eigenvalue weighted by atomic mass is 9.73. The molecule has 4 rings (SSSR count). The van der Waals surface area contributed by atoms with Crippen molar-refractivity contribution in [2.45, 2.75) is 25.9 Å². The van der Waals surface area contributed by atoms with Gasteiger partial charge in [0.1, 0.15) is 11.2 Å². The number of aryl methyl sites for hydroxylation is 1. The second-order valence-electron chi connectivity index (χ2n) is 7.67. The number of aromatic amines is 1. The smallest absolute Gasteiger partial charge is 0.315 e. The third-order valence-electron chi connectivity index (χ3n) is 6.14. The van der Waals surface area contributed by atoms with E-state index in [9.17, 15) is 9.90 Å². The summed E-state index contributed by atoms with van der Waals surface area (Å²) in [4.78, 5) is 18.0. The topological polar surface area (TPSA) is 77.6 Å². The number of piperazine rings is 1. The standard InChI is InChI=1S/C22H27N3O3/c1-15-12-18(28-2)17(16-6-9-24-20(15)16)14-25-11-10-23-13-19(25)22(21(26)27)7-4-3-5-8-22/h3-7,9,12,19,23-24H,8,10-11,13-14H2,1-2H3,(H,26,27). The number of carbonyl (C=O) groups is 1. The average molecular weight is 381 g/mol. The van der Waals surface area contributed by atoms with E-state index in [4.69, 9.17) is 4.74 Å². The Morgan fingerprint density at radius 3 is 3.00 bits per heavy atom. The number of aliphatic carboxylic acids is 1. The molecule has 6 nitrogen and oxygen atoms in total. The Bertz CT molecular complexity index is 946. The van der Waals surface area contributed by atoms with Gasteiger partial charge in [0, 0.05) is 54.9 Å². The van der Waals surface area contributed by atoms with Gasteiger partial charge < -0.3 is 20.1 Å². The van der Waals surface area contributed by atoms with E-state index in [2.05, 4.69) is 34.3 Å². The van der Waals surface area contributed by atoms with Gasteiger partial charge in [-0.1, -0.05) is 24.3 Å². The molecule has 0 amide bonds. The highest BCUT2D eigenvalue weighted by atomic mass is 16.5. The van der Waals surface area contributed by atoms with Crippen LogP contribution in [0.4, 0.5) is 0 Å². The molecule has 1 aromatic heterocycles. The number of nitrogens with zero attached hydrogens (tertiary/aromatic N) is 1. The van der Waals surface area contributed by atoms with Crippen molar-refractivity contribution in [1.82, 2.24) is 15.2 Å². The molecule has 1 saturated heterocycles. The summed E-state index contributed by atoms with van der Waals surface area (Å²) in [6, 6.07) is 4.00. The Labute approximate surface area is 164 Å². The molecule has 2 atom stereocenters. The van der Waals surface area contributed by atoms with E-state index >= 15 is 0 Å². The molecule has 2 aromatic rings. The number of benzene rings is 1. The number of H-pyrrole nitrogens is 1. The summed E-state index contributed by atoms with van der Waals surface area (Å²) < 4.78 is 5.70. The molecule has 3 N–H and O–H groups in total. The normalized spacial score (nSPS) is 25.3. The van der Waals surface area contributed by atoms with Gasteiger partial charge in [-0.2, -0.15) is 0 Å². The number of carboxylic acids is 1. The first kappa shape index (κ1) is 18.8. The summed E-state index contributed by atoms with van der Waals surface area (Å²) in [6.45, 7) is 5.00. The predicted octanol–water partition coefficient (Wildman–Crippen LogP) is 2.85. The zero-order chi connectivity index (χ0) is 19.7. The van der Waals surface area contributed by atoms with Crippen molar-refractivity contribution in [2.24, 2.45) is 5.41 Å². The number of aromatic nitrogens is 1. The monoisotopic (exact) mass is 381 g/mol. The number of methoxy groups -OCH3 is 1. The number of ether oxygens (including phenoxy) is 1. The molecule has 1 aliphatic carbocycles. The first-order valence-corrected chi connectivity index (χ1v) is 9.73. The summed E-state index contributed by atoms with van der Waals surface area (Å²) in [5.41, 5.74) is 2.43. The molecule has 1 fully saturated rings. The number of hydrogen-bond donors (Lipinski definition) is 3. The lowest BCUT2D eigenvalue weighted by Crippen LogP contribution is -2.60. The molecule has 0 radical (unpaired) electrons. The lowest BCUT2D eigenvalue weighted by molar-refractivity contribution is -0.150. The molecule has 0 saturated carbocycles. The second-order valence-corrected chi connectivity index (χ2v) is 7.67. The largest absolute Gasteiger partial charge is 0.496 e. The third kappa shape index (κ3) is 3.02. The number of rotatable bonds is 5. The van der Waals surface area contributed by atoms with Crippen LogP contribution in [0.15, 0.2) is 42.6 Å². The minimum absolute atomic E-state index is 0.139. The van der Waals surface area contributed by atoms with Crippen molar-refractivity contribution in [3.05, 3.63) is 53.8 Å². The summed E-state index contributed by atoms with van der Waals surface area (Å²) in [6.07, 6.45) is 10.1. The molecule has 28 heavy (non-hydrogen) atoms. The van der Waals surface area contributed by atoms with Crippen molar-refractivity contribution in [1.29, 1.82) is 0 Å². The van der Waals surface area contributed by atoms with E-state index in [-0.39, 0.29) is 6.04 Å². The maximum atomic E-state index is 12.3. The molecule has 148 valence electrons. The highest BCUT2D eigenvalue weighted by molar-refractivity contribution is 5.88. The zero-order valence-electron chi connectivity index (χ0n) is 16.4. The van der Waals surface area contributed by atoms with Crippen molar-refractivity contribution in [2.75, 3.05) is 26.7 Å². The van der Waals surface area contributed by atoms with Gasteiger partial charge in [0.05, 0.1) is 7.11 Å². The fourth-order valence-corrected chi connectivity index (χ4v) is 4.61. The first-order valence-electron chi connectivity index (χ1n) is 9.73. The van der Waals surface area contributed by atoms with E-state index in [0.29, 0.717) is 19.5 Å². The van der Waals surface area contributed by atoms with Crippen LogP contribution in [0.25, 0.3) is 10.9 Å². The lowest BCUT2D eigenvalue weighted by Gasteiger charge is -2.45. The van der Waals surface area contributed by atoms with Crippen LogP contribution >= 0.6 is 0 Å². The Morgan fingerprint density at radius 1 is 1.43 bits per heavy atom. The summed E-state index contributed by atoms with van der Waals surface area (Å²) in [5, 5.41) is 14.7. The van der Waals surface area contributed by atoms with Crippen LogP contribution in [-0.2, 0) is 11.3 Å². The van der Waals surface area contributed by atoms with Gasteiger partial charge in [0.15, 0.2) is 0 Å². The van der Waals surface area contributed by atoms with E-state index in [1.54, 1.807) is 7.11 Å². The third-order valence-corrected chi connectivity index (χ3v) is 6.14. The van der Waals surface area contributed by atoms with Crippen LogP contribution in [0.2, 0.25) is 0 Å². The van der Waals surface area contributed by atoms with E-state index in [1.165, 1.54) is 0 Å². The first-order chi connectivity index (χ1) is 13.6. The Hall–Kier alpha value is -2.57. The van der Waals surface area contributed by atoms with Gasteiger partial charge in [-0.05, 0) is 31.0 Å². The van der Waals surface area contributed by atoms with E-state index in [0.717, 1.165) is 40.9 Å². The quantitative estimate of drug-likeness (QED) is 0.742. The minimum Gasteiger partial charge on any atom is -0.496 e. The van der Waals surface area contributed by atoms with Gasteiger partial charge in [-0.25, -0.2) is 0 Å². The van der Waals surface area contributed by atoms with Crippen molar-refractivity contribution in [3.63, 3.8) is 0 Å². The van der Waals surface area contributed by atoms with Gasteiger partial charge in [0.2, 0.25) is 0 Å². The average Bonchev–Trinajstić information content (AvgIpc) is 3.21. The Kier molecular flexibility index (Phi) is 5.00. The second kappa shape index (κ2) is 7.45. The molecule has 0 spiro atoms. The molecule has 1 aliphatic heterocycles. The fourth-order valence-electron chi connectivity index (χ4n) is 4.61. The zero-order valence-corrected chi connectivity index (χ0v) is 16.4. The van der Waals surface area contributed by atoms with Gasteiger partial charge in [-0.15, -0.1) is 0 Å². The fraction of sp³-hybridized carbons (Fsp3) is 0.409. The summed E-state index contributed by atoms with van der Waals surface area (Å²) in [7, 11) is 1.69. The van der Waals surface area contributed by atoms with Crippen LogP contribution in [0.1, 0.15) is 17.5 Å². The van der Waals surface area contributed by atoms with Crippen molar-refractivity contribution in [3.8, 4) is 5.75 Å². The van der Waals surface area contributed by atoms with Gasteiger partial charge in [0.25, 0.3) is 0 Å². The highest BCUT2D eigenvalue weighted by Gasteiger charge is 2.47. The SMILES string of the molecule is COc1cc(C)c2[nH]ccc2c1CN1CCNCC1C1(C(=O)O)C=CC=CC1. The summed E-state index contributed by atoms with van der Waals surface area (Å²) >= 11 is 0. The molecular formula is C22H27N3O3. The molecule has 2 heterocycles. The van der Waals surface area contributed by atoms with Gasteiger partial charge >= 0.3 is 5.97 Å². The maximum Gasteiger partial charge on any atom is 0.315 e. The van der Waals surface area contributed by atoms with Crippen LogP contribution in [0.5, 0.6) is 5.75 Å². The van der Waals surface area contributed by atoms with E-state index < -0.39 is 11.4 Å². The Morgan fingerprint density at radius 2 is 2.29 bits per heavy atom. The highest BCUT2D eigenvalue weighted by Crippen LogP contribution is 2.38. The molecular weight excluding hydrogens is 354 g/mol. The summed E-state index contributed by atoms with van der Waals surface area (Å²) in [5.74, 6) is 0.0832.